The number of aryl methyl sites for hydroxylation is 1. The van der Waals surface area contributed by atoms with Crippen molar-refractivity contribution in [1.82, 2.24) is 4.98 Å². The lowest BCUT2D eigenvalue weighted by Gasteiger charge is -2.05. The summed E-state index contributed by atoms with van der Waals surface area (Å²) in [6, 6.07) is 10.4. The molecule has 4 heteroatoms. The maximum absolute atomic E-state index is 5.90. The van der Waals surface area contributed by atoms with E-state index in [-0.39, 0.29) is 0 Å². The number of benzene rings is 1. The van der Waals surface area contributed by atoms with E-state index in [1.165, 1.54) is 11.1 Å². The number of thioether (sulfide) groups is 1. The van der Waals surface area contributed by atoms with Gasteiger partial charge in [-0.3, -0.25) is 0 Å². The van der Waals surface area contributed by atoms with E-state index in [1.807, 2.05) is 6.07 Å². The molecular weight excluding hydrogens is 296 g/mol. The molecule has 0 spiro atoms. The third-order valence-electron chi connectivity index (χ3n) is 2.30. The Bertz CT molecular complexity index is 529. The molecule has 0 atom stereocenters. The molecule has 0 saturated heterocycles. The lowest BCUT2D eigenvalue weighted by molar-refractivity contribution is 1.13. The zero-order valence-electron chi connectivity index (χ0n) is 9.48. The molecule has 2 N–H and O–H groups in total. The van der Waals surface area contributed by atoms with Crippen LogP contribution in [0.2, 0.25) is 0 Å². The summed E-state index contributed by atoms with van der Waals surface area (Å²) in [6.07, 6.45) is 1.77. The Labute approximate surface area is 114 Å². The molecule has 0 unspecified atom stereocenters. The Morgan fingerprint density at radius 2 is 2.18 bits per heavy atom. The minimum absolute atomic E-state index is 0.719. The first-order valence-electron chi connectivity index (χ1n) is 5.24. The van der Waals surface area contributed by atoms with Crippen molar-refractivity contribution < 1.29 is 0 Å². The molecule has 17 heavy (non-hydrogen) atoms. The van der Waals surface area contributed by atoms with Crippen molar-refractivity contribution in [3.63, 3.8) is 0 Å². The Kier molecular flexibility index (Phi) is 4.07. The molecule has 0 fully saturated rings. The van der Waals surface area contributed by atoms with E-state index in [9.17, 15) is 0 Å². The second-order valence-corrected chi connectivity index (χ2v) is 5.71. The standard InChI is InChI=1S/C13H13BrN2S/c1-9-3-2-4-10(5-9)8-17-13-12(15)6-11(14)7-16-13/h2-7H,8,15H2,1H3. The molecule has 1 heterocycles. The van der Waals surface area contributed by atoms with Gasteiger partial charge in [-0.1, -0.05) is 41.6 Å². The van der Waals surface area contributed by atoms with Crippen molar-refractivity contribution in [2.24, 2.45) is 0 Å². The van der Waals surface area contributed by atoms with Crippen LogP contribution in [0.15, 0.2) is 46.0 Å². The molecule has 88 valence electrons. The summed E-state index contributed by atoms with van der Waals surface area (Å²) in [6.45, 7) is 2.10. The van der Waals surface area contributed by atoms with Crippen molar-refractivity contribution in [1.29, 1.82) is 0 Å². The number of aromatic nitrogens is 1. The van der Waals surface area contributed by atoms with Gasteiger partial charge in [-0.15, -0.1) is 0 Å². The van der Waals surface area contributed by atoms with Gasteiger partial charge in [0.1, 0.15) is 5.03 Å². The van der Waals surface area contributed by atoms with Gasteiger partial charge in [0, 0.05) is 16.4 Å². The second-order valence-electron chi connectivity index (χ2n) is 3.83. The number of halogens is 1. The fourth-order valence-electron chi connectivity index (χ4n) is 1.52. The SMILES string of the molecule is Cc1cccc(CSc2ncc(Br)cc2N)c1. The number of nitrogens with two attached hydrogens (primary N) is 1. The predicted molar refractivity (Wildman–Crippen MR) is 77.1 cm³/mol. The predicted octanol–water partition coefficient (Wildman–Crippen LogP) is 4.03. The van der Waals surface area contributed by atoms with Crippen LogP contribution >= 0.6 is 27.7 Å². The quantitative estimate of drug-likeness (QED) is 0.870. The van der Waals surface area contributed by atoms with Crippen LogP contribution in [0.25, 0.3) is 0 Å². The second kappa shape index (κ2) is 5.56. The van der Waals surface area contributed by atoms with E-state index in [4.69, 9.17) is 5.73 Å². The largest absolute Gasteiger partial charge is 0.397 e. The first-order chi connectivity index (χ1) is 8.15. The van der Waals surface area contributed by atoms with Crippen LogP contribution < -0.4 is 5.73 Å². The van der Waals surface area contributed by atoms with E-state index in [0.717, 1.165) is 20.9 Å². The van der Waals surface area contributed by atoms with Gasteiger partial charge in [0.2, 0.25) is 0 Å². The first-order valence-corrected chi connectivity index (χ1v) is 7.02. The van der Waals surface area contributed by atoms with Gasteiger partial charge in [-0.2, -0.15) is 0 Å². The summed E-state index contributed by atoms with van der Waals surface area (Å²) in [5.41, 5.74) is 9.19. The molecule has 0 amide bonds. The minimum Gasteiger partial charge on any atom is -0.397 e. The zero-order chi connectivity index (χ0) is 12.3. The Hall–Kier alpha value is -1.00. The fourth-order valence-corrected chi connectivity index (χ4v) is 2.70. The van der Waals surface area contributed by atoms with Gasteiger partial charge >= 0.3 is 0 Å². The first kappa shape index (κ1) is 12.5. The molecule has 0 saturated carbocycles. The average Bonchev–Trinajstić information content (AvgIpc) is 2.28. The van der Waals surface area contributed by atoms with Crippen LogP contribution in [0.1, 0.15) is 11.1 Å². The maximum atomic E-state index is 5.90. The molecule has 0 radical (unpaired) electrons. The lowest BCUT2D eigenvalue weighted by atomic mass is 10.2. The molecule has 0 aliphatic carbocycles. The highest BCUT2D eigenvalue weighted by Crippen LogP contribution is 2.27. The zero-order valence-corrected chi connectivity index (χ0v) is 11.9. The van der Waals surface area contributed by atoms with Gasteiger partial charge in [-0.25, -0.2) is 4.98 Å². The highest BCUT2D eigenvalue weighted by Gasteiger charge is 2.03. The van der Waals surface area contributed by atoms with Gasteiger partial charge < -0.3 is 5.73 Å². The van der Waals surface area contributed by atoms with Crippen molar-refractivity contribution >= 4 is 33.4 Å². The van der Waals surface area contributed by atoms with Crippen molar-refractivity contribution in [2.45, 2.75) is 17.7 Å². The van der Waals surface area contributed by atoms with Crippen LogP contribution in [0, 0.1) is 6.92 Å². The number of anilines is 1. The maximum Gasteiger partial charge on any atom is 0.119 e. The van der Waals surface area contributed by atoms with Crippen molar-refractivity contribution in [2.75, 3.05) is 5.73 Å². The number of hydrogen-bond acceptors (Lipinski definition) is 3. The van der Waals surface area contributed by atoms with Crippen LogP contribution in [0.3, 0.4) is 0 Å². The minimum atomic E-state index is 0.719. The Balaban J connectivity index is 2.07. The van der Waals surface area contributed by atoms with Crippen LogP contribution in [-0.4, -0.2) is 4.98 Å². The molecular formula is C13H13BrN2S. The summed E-state index contributed by atoms with van der Waals surface area (Å²) < 4.78 is 0.912. The molecule has 0 aliphatic rings. The summed E-state index contributed by atoms with van der Waals surface area (Å²) in [5.74, 6) is 0.889. The van der Waals surface area contributed by atoms with Gasteiger partial charge in [0.05, 0.1) is 5.69 Å². The lowest BCUT2D eigenvalue weighted by Crippen LogP contribution is -1.92. The fraction of sp³-hybridized carbons (Fsp3) is 0.154. The number of rotatable bonds is 3. The van der Waals surface area contributed by atoms with Gasteiger partial charge in [0.25, 0.3) is 0 Å². The van der Waals surface area contributed by atoms with Crippen molar-refractivity contribution in [3.8, 4) is 0 Å². The molecule has 0 aliphatic heterocycles. The molecule has 2 aromatic rings. The molecule has 1 aromatic carbocycles. The Morgan fingerprint density at radius 3 is 2.88 bits per heavy atom. The van der Waals surface area contributed by atoms with E-state index >= 15 is 0 Å². The van der Waals surface area contributed by atoms with Gasteiger partial charge in [-0.05, 0) is 34.5 Å². The van der Waals surface area contributed by atoms with Crippen LogP contribution in [-0.2, 0) is 5.75 Å². The Morgan fingerprint density at radius 1 is 1.35 bits per heavy atom. The third-order valence-corrected chi connectivity index (χ3v) is 3.83. The summed E-state index contributed by atoms with van der Waals surface area (Å²) in [7, 11) is 0. The van der Waals surface area contributed by atoms with Crippen LogP contribution in [0.4, 0.5) is 5.69 Å². The highest BCUT2D eigenvalue weighted by atomic mass is 79.9. The smallest absolute Gasteiger partial charge is 0.119 e. The topological polar surface area (TPSA) is 38.9 Å². The van der Waals surface area contributed by atoms with Crippen molar-refractivity contribution in [3.05, 3.63) is 52.1 Å². The number of pyridine rings is 1. The summed E-state index contributed by atoms with van der Waals surface area (Å²) in [4.78, 5) is 4.31. The number of hydrogen-bond donors (Lipinski definition) is 1. The van der Waals surface area contributed by atoms with Crippen LogP contribution in [0.5, 0.6) is 0 Å². The highest BCUT2D eigenvalue weighted by molar-refractivity contribution is 9.10. The third kappa shape index (κ3) is 3.48. The molecule has 0 bridgehead atoms. The number of nitrogen functional groups attached to an aromatic ring is 1. The normalized spacial score (nSPS) is 10.5. The molecule has 2 nitrogen and oxygen atoms in total. The van der Waals surface area contributed by atoms with E-state index < -0.39 is 0 Å². The number of nitrogens with zero attached hydrogens (tertiary/aromatic N) is 1. The average molecular weight is 309 g/mol. The van der Waals surface area contributed by atoms with E-state index in [2.05, 4.69) is 52.1 Å². The van der Waals surface area contributed by atoms with E-state index in [1.54, 1.807) is 18.0 Å². The molecule has 2 rings (SSSR count). The monoisotopic (exact) mass is 308 g/mol. The van der Waals surface area contributed by atoms with E-state index in [0.29, 0.717) is 0 Å². The summed E-state index contributed by atoms with van der Waals surface area (Å²) in [5, 5.41) is 0.884. The van der Waals surface area contributed by atoms with Gasteiger partial charge in [0.15, 0.2) is 0 Å². The summed E-state index contributed by atoms with van der Waals surface area (Å²) >= 11 is 5.01. The molecule has 1 aromatic heterocycles.